The van der Waals surface area contributed by atoms with Gasteiger partial charge in [-0.15, -0.1) is 11.8 Å². The molecule has 7 atom stereocenters. The molecule has 5 rings (SSSR count). The number of thioether (sulfide) groups is 1. The second kappa shape index (κ2) is 7.69. The fourth-order valence-corrected chi connectivity index (χ4v) is 13.9. The van der Waals surface area contributed by atoms with Crippen LogP contribution in [0.5, 0.6) is 0 Å². The Morgan fingerprint density at radius 1 is 0.800 bits per heavy atom. The Kier molecular flexibility index (Phi) is 6.30. The van der Waals surface area contributed by atoms with Gasteiger partial charge in [0.05, 0.1) is 12.9 Å². The molecule has 4 fully saturated rings. The average Bonchev–Trinajstić information content (AvgIpc) is 2.63. The summed E-state index contributed by atoms with van der Waals surface area (Å²) in [4.78, 5) is 0. The van der Waals surface area contributed by atoms with E-state index >= 15 is 0 Å². The van der Waals surface area contributed by atoms with Crippen LogP contribution in [0.25, 0.3) is 0 Å². The molecule has 9 heteroatoms. The van der Waals surface area contributed by atoms with Crippen LogP contribution in [0.2, 0.25) is 0 Å². The third kappa shape index (κ3) is 3.42. The quantitative estimate of drug-likeness (QED) is 0.115. The molecule has 30 heavy (non-hydrogen) atoms. The predicted molar refractivity (Wildman–Crippen MR) is 161 cm³/mol. The third-order valence-electron chi connectivity index (χ3n) is 8.96. The molecule has 7 unspecified atom stereocenters. The van der Waals surface area contributed by atoms with E-state index in [1.165, 1.54) is 5.57 Å². The lowest BCUT2D eigenvalue weighted by Crippen LogP contribution is -2.69. The molecule has 0 aromatic rings. The highest BCUT2D eigenvalue weighted by Crippen LogP contribution is 2.71. The van der Waals surface area contributed by atoms with Crippen molar-refractivity contribution >= 4 is 113 Å². The van der Waals surface area contributed by atoms with E-state index in [9.17, 15) is 0 Å². The summed E-state index contributed by atoms with van der Waals surface area (Å²) in [6, 6.07) is 0. The van der Waals surface area contributed by atoms with E-state index in [4.69, 9.17) is 101 Å². The first-order valence-corrected chi connectivity index (χ1v) is 15.5. The number of rotatable bonds is 0. The molecule has 4 aliphatic carbocycles. The lowest BCUT2D eigenvalue weighted by Gasteiger charge is -2.67. The van der Waals surface area contributed by atoms with Crippen LogP contribution in [0, 0.1) is 11.8 Å². The van der Waals surface area contributed by atoms with Crippen molar-refractivity contribution in [3.8, 4) is 0 Å². The number of hydrogen-bond donors (Lipinski definition) is 8. The number of fused-ring (bicyclic) bond motifs is 7. The summed E-state index contributed by atoms with van der Waals surface area (Å²) in [5.74, 6) is 0.774. The Bertz CT molecular complexity index is 780. The molecule has 1 aliphatic heterocycles. The van der Waals surface area contributed by atoms with Gasteiger partial charge in [0.1, 0.15) is 0 Å². The second-order valence-electron chi connectivity index (χ2n) is 10.5. The van der Waals surface area contributed by atoms with E-state index < -0.39 is 0 Å². The van der Waals surface area contributed by atoms with Gasteiger partial charge < -0.3 is 0 Å². The zero-order valence-electron chi connectivity index (χ0n) is 16.9. The third-order valence-corrected chi connectivity index (χ3v) is 15.9. The van der Waals surface area contributed by atoms with E-state index in [-0.39, 0.29) is 27.1 Å². The highest BCUT2D eigenvalue weighted by atomic mass is 32.2. The van der Waals surface area contributed by atoms with Gasteiger partial charge in [0, 0.05) is 25.4 Å². The first-order chi connectivity index (χ1) is 13.8. The van der Waals surface area contributed by atoms with Gasteiger partial charge in [-0.05, 0) is 81.1 Å². The van der Waals surface area contributed by atoms with E-state index in [1.54, 1.807) is 0 Å². The smallest absolute Gasteiger partial charge is 0.0596 e. The van der Waals surface area contributed by atoms with Gasteiger partial charge in [0.25, 0.3) is 0 Å². The predicted octanol–water partition coefficient (Wildman–Crippen LogP) is 6.96. The first kappa shape index (κ1) is 24.6. The topological polar surface area (TPSA) is 0 Å². The van der Waals surface area contributed by atoms with Crippen LogP contribution < -0.4 is 0 Å². The summed E-state index contributed by atoms with van der Waals surface area (Å²) < 4.78 is -1.09. The van der Waals surface area contributed by atoms with Crippen LogP contribution in [0.3, 0.4) is 0 Å². The molecule has 0 bridgehead atoms. The summed E-state index contributed by atoms with van der Waals surface area (Å²) in [5, 5.41) is 2.78. The minimum atomic E-state index is -0.269. The van der Waals surface area contributed by atoms with Gasteiger partial charge in [-0.1, -0.05) is 0 Å². The van der Waals surface area contributed by atoms with Crippen molar-refractivity contribution in [3.63, 3.8) is 0 Å². The lowest BCUT2D eigenvalue weighted by atomic mass is 9.55. The maximum Gasteiger partial charge on any atom is 0.0596 e. The normalized spacial score (nSPS) is 54.1. The van der Waals surface area contributed by atoms with Crippen LogP contribution in [-0.4, -0.2) is 32.4 Å². The molecular formula is C21H32S9. The van der Waals surface area contributed by atoms with Gasteiger partial charge in [-0.3, -0.25) is 0 Å². The van der Waals surface area contributed by atoms with Crippen LogP contribution in [0.4, 0.5) is 0 Å². The van der Waals surface area contributed by atoms with Crippen molar-refractivity contribution in [3.05, 3.63) is 11.0 Å². The molecule has 4 saturated carbocycles. The monoisotopic (exact) mass is 572 g/mol. The van der Waals surface area contributed by atoms with Crippen LogP contribution in [0.1, 0.15) is 64.2 Å². The molecule has 1 heterocycles. The molecule has 170 valence electrons. The molecule has 0 radical (unpaired) electrons. The molecule has 0 aromatic carbocycles. The minimum absolute atomic E-state index is 0.0559. The molecule has 0 amide bonds. The molecule has 5 aliphatic rings. The maximum atomic E-state index is 5.54. The van der Waals surface area contributed by atoms with Crippen molar-refractivity contribution in [2.45, 2.75) is 96.6 Å². The molecule has 0 saturated heterocycles. The first-order valence-electron chi connectivity index (χ1n) is 10.9. The van der Waals surface area contributed by atoms with Crippen molar-refractivity contribution in [1.29, 1.82) is 0 Å². The Labute approximate surface area is 230 Å². The Morgan fingerprint density at radius 2 is 1.50 bits per heavy atom. The summed E-state index contributed by atoms with van der Waals surface area (Å²) in [6.07, 6.45) is 10.5. The van der Waals surface area contributed by atoms with E-state index in [1.807, 2.05) is 11.8 Å². The molecule has 0 spiro atoms. The lowest BCUT2D eigenvalue weighted by molar-refractivity contribution is 0.142. The second-order valence-corrected chi connectivity index (χ2v) is 18.8. The molecule has 0 nitrogen and oxygen atoms in total. The number of hydrogen-bond acceptors (Lipinski definition) is 9. The summed E-state index contributed by atoms with van der Waals surface area (Å²) >= 11 is 43.5. The van der Waals surface area contributed by atoms with Crippen molar-refractivity contribution in [1.82, 2.24) is 0 Å². The highest BCUT2D eigenvalue weighted by Gasteiger charge is 2.69. The largest absolute Gasteiger partial charge is 0.172 e. The van der Waals surface area contributed by atoms with Gasteiger partial charge in [0.15, 0.2) is 0 Å². The van der Waals surface area contributed by atoms with Gasteiger partial charge >= 0.3 is 0 Å². The van der Waals surface area contributed by atoms with E-state index in [0.717, 1.165) is 64.2 Å². The van der Waals surface area contributed by atoms with Crippen LogP contribution in [0.15, 0.2) is 11.0 Å². The van der Waals surface area contributed by atoms with Gasteiger partial charge in [-0.2, -0.15) is 101 Å². The van der Waals surface area contributed by atoms with Crippen molar-refractivity contribution in [2.75, 3.05) is 0 Å². The average molecular weight is 573 g/mol. The summed E-state index contributed by atoms with van der Waals surface area (Å²) in [5.41, 5.74) is 1.38. The number of thiol groups is 8. The van der Waals surface area contributed by atoms with Gasteiger partial charge in [-0.25, -0.2) is 0 Å². The van der Waals surface area contributed by atoms with E-state index in [0.29, 0.717) is 17.1 Å². The van der Waals surface area contributed by atoms with Crippen molar-refractivity contribution in [2.24, 2.45) is 11.8 Å². The molecule has 0 aromatic heterocycles. The van der Waals surface area contributed by atoms with Gasteiger partial charge in [0.2, 0.25) is 0 Å². The molecule has 0 N–H and O–H groups in total. The molecular weight excluding hydrogens is 541 g/mol. The fraction of sp³-hybridized carbons (Fsp3) is 0.905. The standard InChI is InChI=1S/C21H32S9/c22-16-6-8-17(23,24)10-12(16)15-20(27,9-7-16)19(26)5-2-13-18(25,14(19)11-30-15)3-1-4-21(13,28)29/h11-13,15,22-29H,1-10H2. The van der Waals surface area contributed by atoms with E-state index in [2.05, 4.69) is 5.41 Å². The summed E-state index contributed by atoms with van der Waals surface area (Å²) in [7, 11) is 0. The van der Waals surface area contributed by atoms with Crippen molar-refractivity contribution < 1.29 is 0 Å². The Morgan fingerprint density at radius 3 is 2.23 bits per heavy atom. The fourth-order valence-electron chi connectivity index (χ4n) is 7.25. The Hall–Kier alpha value is 2.89. The SMILES string of the molecule is SC1(S)CCC2(S)CCC3(S)C(SC=C4C5(S)CCCC(S)(S)C5CCC43S)C2C1. The maximum absolute atomic E-state index is 5.54. The zero-order chi connectivity index (χ0) is 21.8. The zero-order valence-corrected chi connectivity index (χ0v) is 24.8. The van der Waals surface area contributed by atoms with Crippen LogP contribution >= 0.6 is 113 Å². The van der Waals surface area contributed by atoms with Crippen LogP contribution in [-0.2, 0) is 0 Å². The Balaban J connectivity index is 1.58. The highest BCUT2D eigenvalue weighted by molar-refractivity contribution is 8.04. The summed E-state index contributed by atoms with van der Waals surface area (Å²) in [6.45, 7) is 0. The minimum Gasteiger partial charge on any atom is -0.172 e.